The van der Waals surface area contributed by atoms with Gasteiger partial charge in [0.25, 0.3) is 0 Å². The van der Waals surface area contributed by atoms with E-state index in [4.69, 9.17) is 22.1 Å². The third kappa shape index (κ3) is 3.60. The molecule has 0 aliphatic heterocycles. The van der Waals surface area contributed by atoms with Gasteiger partial charge in [0.05, 0.1) is 28.9 Å². The van der Waals surface area contributed by atoms with Crippen LogP contribution < -0.4 is 10.5 Å². The molecule has 0 radical (unpaired) electrons. The molecule has 0 aliphatic carbocycles. The Morgan fingerprint density at radius 1 is 1.23 bits per heavy atom. The topological polar surface area (TPSA) is 76.8 Å². The number of nitrogens with zero attached hydrogens (tertiary/aromatic N) is 2. The number of H-pyrrole nitrogens is 1. The summed E-state index contributed by atoms with van der Waals surface area (Å²) in [6.07, 6.45) is -4.49. The molecule has 0 spiro atoms. The van der Waals surface area contributed by atoms with Gasteiger partial charge in [-0.3, -0.25) is 5.10 Å². The van der Waals surface area contributed by atoms with Crippen LogP contribution in [0.25, 0.3) is 11.4 Å². The van der Waals surface area contributed by atoms with E-state index in [-0.39, 0.29) is 23.6 Å². The highest BCUT2D eigenvalue weighted by atomic mass is 35.5. The Balaban J connectivity index is 1.95. The maximum Gasteiger partial charge on any atom is 0.416 e. The minimum Gasteiger partial charge on any atom is -0.496 e. The maximum absolute atomic E-state index is 13.1. The fraction of sp³-hybridized carbons (Fsp3) is 0.176. The van der Waals surface area contributed by atoms with Gasteiger partial charge >= 0.3 is 6.18 Å². The predicted molar refractivity (Wildman–Crippen MR) is 92.0 cm³/mol. The zero-order chi connectivity index (χ0) is 18.9. The van der Waals surface area contributed by atoms with E-state index in [1.54, 1.807) is 12.1 Å². The SMILES string of the molecule is COc1cc(N)c(Cl)cc1-c1n[nH]c(Cc2ccccc2C(F)(F)F)n1. The summed E-state index contributed by atoms with van der Waals surface area (Å²) < 4.78 is 44.6. The summed E-state index contributed by atoms with van der Waals surface area (Å²) in [6.45, 7) is 0. The van der Waals surface area contributed by atoms with Crippen LogP contribution in [0.1, 0.15) is 17.0 Å². The first-order valence-corrected chi connectivity index (χ1v) is 7.87. The number of nitrogens with one attached hydrogen (secondary N) is 1. The molecule has 3 rings (SSSR count). The minimum atomic E-state index is -4.44. The molecular weight excluding hydrogens is 369 g/mol. The number of ether oxygens (including phenoxy) is 1. The first-order chi connectivity index (χ1) is 12.3. The third-order valence-corrected chi connectivity index (χ3v) is 4.10. The Kier molecular flexibility index (Phi) is 4.78. The molecule has 3 aromatic rings. The molecule has 0 amide bonds. The summed E-state index contributed by atoms with van der Waals surface area (Å²) in [5.74, 6) is 0.947. The van der Waals surface area contributed by atoms with Crippen molar-refractivity contribution in [2.24, 2.45) is 0 Å². The van der Waals surface area contributed by atoms with E-state index >= 15 is 0 Å². The third-order valence-electron chi connectivity index (χ3n) is 3.77. The van der Waals surface area contributed by atoms with Crippen LogP contribution in [0.15, 0.2) is 36.4 Å². The lowest BCUT2D eigenvalue weighted by Gasteiger charge is -2.11. The Bertz CT molecular complexity index is 940. The van der Waals surface area contributed by atoms with Crippen molar-refractivity contribution < 1.29 is 17.9 Å². The van der Waals surface area contributed by atoms with Crippen LogP contribution in [-0.2, 0) is 12.6 Å². The van der Waals surface area contributed by atoms with Crippen LogP contribution >= 0.6 is 11.6 Å². The number of aromatic amines is 1. The lowest BCUT2D eigenvalue weighted by atomic mass is 10.0. The first-order valence-electron chi connectivity index (χ1n) is 7.49. The van der Waals surface area contributed by atoms with E-state index < -0.39 is 11.7 Å². The highest BCUT2D eigenvalue weighted by Crippen LogP contribution is 2.35. The second kappa shape index (κ2) is 6.87. The van der Waals surface area contributed by atoms with E-state index in [2.05, 4.69) is 15.2 Å². The van der Waals surface area contributed by atoms with Crippen LogP contribution in [0.5, 0.6) is 5.75 Å². The van der Waals surface area contributed by atoms with Gasteiger partial charge in [-0.2, -0.15) is 18.3 Å². The number of rotatable bonds is 4. The van der Waals surface area contributed by atoms with Crippen molar-refractivity contribution in [3.8, 4) is 17.1 Å². The summed E-state index contributed by atoms with van der Waals surface area (Å²) in [6, 6.07) is 8.42. The average molecular weight is 383 g/mol. The van der Waals surface area contributed by atoms with E-state index in [1.165, 1.54) is 25.3 Å². The molecule has 0 bridgehead atoms. The number of nitrogen functional groups attached to an aromatic ring is 1. The van der Waals surface area contributed by atoms with Crippen LogP contribution in [0.2, 0.25) is 5.02 Å². The van der Waals surface area contributed by atoms with E-state index in [9.17, 15) is 13.2 Å². The largest absolute Gasteiger partial charge is 0.496 e. The van der Waals surface area contributed by atoms with Gasteiger partial charge < -0.3 is 10.5 Å². The molecule has 0 aliphatic rings. The monoisotopic (exact) mass is 382 g/mol. The number of alkyl halides is 3. The van der Waals surface area contributed by atoms with E-state index in [0.29, 0.717) is 22.0 Å². The van der Waals surface area contributed by atoms with Gasteiger partial charge in [0, 0.05) is 12.5 Å². The fourth-order valence-electron chi connectivity index (χ4n) is 2.54. The second-order valence-electron chi connectivity index (χ2n) is 5.51. The maximum atomic E-state index is 13.1. The molecule has 2 aromatic carbocycles. The number of benzene rings is 2. The Morgan fingerprint density at radius 2 is 1.96 bits per heavy atom. The number of methoxy groups -OCH3 is 1. The van der Waals surface area contributed by atoms with Crippen LogP contribution in [-0.4, -0.2) is 22.3 Å². The van der Waals surface area contributed by atoms with E-state index in [1.807, 2.05) is 0 Å². The molecule has 0 unspecified atom stereocenters. The number of hydrogen-bond acceptors (Lipinski definition) is 4. The minimum absolute atomic E-state index is 0.0479. The summed E-state index contributed by atoms with van der Waals surface area (Å²) in [4.78, 5) is 4.26. The Labute approximate surface area is 152 Å². The van der Waals surface area contributed by atoms with Crippen molar-refractivity contribution >= 4 is 17.3 Å². The molecule has 0 saturated heterocycles. The standard InChI is InChI=1S/C17H14ClF3N4O/c1-26-14-8-13(22)12(18)7-10(14)16-23-15(24-25-16)6-9-4-2-3-5-11(9)17(19,20)21/h2-5,7-8H,6,22H2,1H3,(H,23,24,25). The van der Waals surface area contributed by atoms with Crippen molar-refractivity contribution in [2.45, 2.75) is 12.6 Å². The van der Waals surface area contributed by atoms with Gasteiger partial charge in [0.1, 0.15) is 11.6 Å². The second-order valence-corrected chi connectivity index (χ2v) is 5.92. The molecule has 1 aromatic heterocycles. The van der Waals surface area contributed by atoms with Crippen LogP contribution in [0, 0.1) is 0 Å². The zero-order valence-electron chi connectivity index (χ0n) is 13.6. The smallest absolute Gasteiger partial charge is 0.416 e. The van der Waals surface area contributed by atoms with Crippen molar-refractivity contribution in [1.82, 2.24) is 15.2 Å². The van der Waals surface area contributed by atoms with Crippen LogP contribution in [0.3, 0.4) is 0 Å². The average Bonchev–Trinajstić information content (AvgIpc) is 3.04. The normalized spacial score (nSPS) is 11.6. The molecule has 0 saturated carbocycles. The van der Waals surface area contributed by atoms with Gasteiger partial charge in [-0.25, -0.2) is 4.98 Å². The Morgan fingerprint density at radius 3 is 2.65 bits per heavy atom. The molecule has 26 heavy (non-hydrogen) atoms. The van der Waals surface area contributed by atoms with Gasteiger partial charge in [-0.1, -0.05) is 29.8 Å². The molecule has 136 valence electrons. The van der Waals surface area contributed by atoms with Crippen molar-refractivity contribution in [3.05, 3.63) is 58.4 Å². The number of anilines is 1. The van der Waals surface area contributed by atoms with Gasteiger partial charge in [0.2, 0.25) is 0 Å². The molecule has 0 fully saturated rings. The highest BCUT2D eigenvalue weighted by molar-refractivity contribution is 6.33. The van der Waals surface area contributed by atoms with Gasteiger partial charge in [-0.05, 0) is 17.7 Å². The number of halogens is 4. The van der Waals surface area contributed by atoms with Crippen molar-refractivity contribution in [1.29, 1.82) is 0 Å². The molecule has 5 nitrogen and oxygen atoms in total. The summed E-state index contributed by atoms with van der Waals surface area (Å²) >= 11 is 6.03. The first kappa shape index (κ1) is 18.1. The molecule has 1 heterocycles. The van der Waals surface area contributed by atoms with Crippen molar-refractivity contribution in [3.63, 3.8) is 0 Å². The summed E-state index contributed by atoms with van der Waals surface area (Å²) in [5, 5.41) is 7.02. The molecular formula is C17H14ClF3N4O. The predicted octanol–water partition coefficient (Wildman–Crippen LogP) is 4.33. The summed E-state index contributed by atoms with van der Waals surface area (Å²) in [5.41, 5.74) is 5.96. The lowest BCUT2D eigenvalue weighted by molar-refractivity contribution is -0.138. The summed E-state index contributed by atoms with van der Waals surface area (Å²) in [7, 11) is 1.46. The number of hydrogen-bond donors (Lipinski definition) is 2. The Hall–Kier alpha value is -2.74. The van der Waals surface area contributed by atoms with E-state index in [0.717, 1.165) is 6.07 Å². The van der Waals surface area contributed by atoms with Crippen LogP contribution in [0.4, 0.5) is 18.9 Å². The number of nitrogens with two attached hydrogens (primary N) is 1. The van der Waals surface area contributed by atoms with Gasteiger partial charge in [-0.15, -0.1) is 0 Å². The zero-order valence-corrected chi connectivity index (χ0v) is 14.3. The van der Waals surface area contributed by atoms with Gasteiger partial charge in [0.15, 0.2) is 5.82 Å². The lowest BCUT2D eigenvalue weighted by Crippen LogP contribution is -2.09. The fourth-order valence-corrected chi connectivity index (χ4v) is 2.70. The quantitative estimate of drug-likeness (QED) is 0.658. The molecule has 0 atom stereocenters. The van der Waals surface area contributed by atoms with Crippen molar-refractivity contribution in [2.75, 3.05) is 12.8 Å². The molecule has 3 N–H and O–H groups in total. The number of aromatic nitrogens is 3. The highest BCUT2D eigenvalue weighted by Gasteiger charge is 2.33. The molecule has 9 heteroatoms.